The van der Waals surface area contributed by atoms with E-state index in [0.29, 0.717) is 23.9 Å². The van der Waals surface area contributed by atoms with Crippen molar-refractivity contribution in [1.82, 2.24) is 20.6 Å². The molecule has 0 spiro atoms. The van der Waals surface area contributed by atoms with Gasteiger partial charge < -0.3 is 9.47 Å². The molecule has 6 heteroatoms. The lowest BCUT2D eigenvalue weighted by Crippen LogP contribution is -1.99. The van der Waals surface area contributed by atoms with Gasteiger partial charge in [-0.05, 0) is 41.5 Å². The van der Waals surface area contributed by atoms with Crippen molar-refractivity contribution in [3.63, 3.8) is 0 Å². The number of tetrazole rings is 1. The van der Waals surface area contributed by atoms with Crippen LogP contribution in [0.1, 0.15) is 11.1 Å². The quantitative estimate of drug-likeness (QED) is 0.783. The normalized spacial score (nSPS) is 10.5. The van der Waals surface area contributed by atoms with Gasteiger partial charge in [-0.15, -0.1) is 10.2 Å². The van der Waals surface area contributed by atoms with Gasteiger partial charge in [0, 0.05) is 5.56 Å². The molecule has 3 rings (SSSR count). The summed E-state index contributed by atoms with van der Waals surface area (Å²) in [7, 11) is 1.61. The summed E-state index contributed by atoms with van der Waals surface area (Å²) in [5, 5.41) is 13.9. The van der Waals surface area contributed by atoms with Crippen LogP contribution in [0, 0.1) is 6.92 Å². The highest BCUT2D eigenvalue weighted by atomic mass is 16.5. The zero-order valence-electron chi connectivity index (χ0n) is 12.4. The number of benzene rings is 2. The SMILES string of the molecule is COc1cc(-c2nn[nH]n2)ccc1OCc1ccccc1C. The Hall–Kier alpha value is -2.89. The van der Waals surface area contributed by atoms with Gasteiger partial charge in [0.2, 0.25) is 5.82 Å². The topological polar surface area (TPSA) is 72.9 Å². The first kappa shape index (κ1) is 14.1. The Balaban J connectivity index is 1.81. The molecule has 6 nitrogen and oxygen atoms in total. The van der Waals surface area contributed by atoms with Crippen LogP contribution in [0.25, 0.3) is 11.4 Å². The lowest BCUT2D eigenvalue weighted by Gasteiger charge is -2.12. The second-order valence-corrected chi connectivity index (χ2v) is 4.82. The van der Waals surface area contributed by atoms with Crippen molar-refractivity contribution in [2.75, 3.05) is 7.11 Å². The van der Waals surface area contributed by atoms with Crippen LogP contribution in [0.4, 0.5) is 0 Å². The molecule has 1 N–H and O–H groups in total. The number of H-pyrrole nitrogens is 1. The van der Waals surface area contributed by atoms with Crippen LogP contribution in [0.3, 0.4) is 0 Å². The van der Waals surface area contributed by atoms with Gasteiger partial charge in [0.25, 0.3) is 0 Å². The van der Waals surface area contributed by atoms with Crippen molar-refractivity contribution in [3.05, 3.63) is 53.6 Å². The van der Waals surface area contributed by atoms with E-state index < -0.39 is 0 Å². The highest BCUT2D eigenvalue weighted by molar-refractivity contribution is 5.60. The third kappa shape index (κ3) is 2.90. The summed E-state index contributed by atoms with van der Waals surface area (Å²) in [6.45, 7) is 2.56. The van der Waals surface area contributed by atoms with E-state index in [-0.39, 0.29) is 0 Å². The maximum atomic E-state index is 5.88. The fourth-order valence-electron chi connectivity index (χ4n) is 2.14. The number of hydrogen-bond acceptors (Lipinski definition) is 5. The van der Waals surface area contributed by atoms with Crippen molar-refractivity contribution >= 4 is 0 Å². The van der Waals surface area contributed by atoms with Gasteiger partial charge in [-0.25, -0.2) is 0 Å². The molecule has 3 aromatic rings. The summed E-state index contributed by atoms with van der Waals surface area (Å²) >= 11 is 0. The van der Waals surface area contributed by atoms with Crippen molar-refractivity contribution in [2.24, 2.45) is 0 Å². The maximum Gasteiger partial charge on any atom is 0.204 e. The molecule has 0 aliphatic carbocycles. The fourth-order valence-corrected chi connectivity index (χ4v) is 2.14. The molecule has 0 radical (unpaired) electrons. The summed E-state index contributed by atoms with van der Waals surface area (Å²) in [6, 6.07) is 13.7. The smallest absolute Gasteiger partial charge is 0.204 e. The third-order valence-corrected chi connectivity index (χ3v) is 3.41. The van der Waals surface area contributed by atoms with Crippen LogP contribution in [0.5, 0.6) is 11.5 Å². The van der Waals surface area contributed by atoms with Crippen molar-refractivity contribution in [1.29, 1.82) is 0 Å². The zero-order chi connectivity index (χ0) is 15.4. The van der Waals surface area contributed by atoms with Crippen LogP contribution in [-0.4, -0.2) is 27.7 Å². The maximum absolute atomic E-state index is 5.88. The lowest BCUT2D eigenvalue weighted by atomic mass is 10.1. The molecule has 0 saturated carbocycles. The Morgan fingerprint density at radius 1 is 1.09 bits per heavy atom. The van der Waals surface area contributed by atoms with Crippen LogP contribution >= 0.6 is 0 Å². The molecule has 22 heavy (non-hydrogen) atoms. The van der Waals surface area contributed by atoms with Gasteiger partial charge in [0.1, 0.15) is 6.61 Å². The van der Waals surface area contributed by atoms with E-state index in [0.717, 1.165) is 11.1 Å². The van der Waals surface area contributed by atoms with E-state index in [1.54, 1.807) is 7.11 Å². The number of nitrogens with zero attached hydrogens (tertiary/aromatic N) is 3. The molecular weight excluding hydrogens is 280 g/mol. The monoisotopic (exact) mass is 296 g/mol. The molecule has 0 fully saturated rings. The summed E-state index contributed by atoms with van der Waals surface area (Å²) in [5.74, 6) is 1.83. The molecule has 0 unspecified atom stereocenters. The number of aromatic nitrogens is 4. The molecule has 0 saturated heterocycles. The van der Waals surface area contributed by atoms with Gasteiger partial charge in [0.15, 0.2) is 11.5 Å². The molecule has 0 amide bonds. The average molecular weight is 296 g/mol. The fraction of sp³-hybridized carbons (Fsp3) is 0.188. The molecule has 112 valence electrons. The van der Waals surface area contributed by atoms with Gasteiger partial charge in [0.05, 0.1) is 7.11 Å². The zero-order valence-corrected chi connectivity index (χ0v) is 12.4. The van der Waals surface area contributed by atoms with Crippen molar-refractivity contribution in [2.45, 2.75) is 13.5 Å². The Labute approximate surface area is 128 Å². The largest absolute Gasteiger partial charge is 0.493 e. The number of hydrogen-bond donors (Lipinski definition) is 1. The molecular formula is C16H16N4O2. The number of aryl methyl sites for hydroxylation is 1. The Morgan fingerprint density at radius 3 is 2.68 bits per heavy atom. The van der Waals surface area contributed by atoms with Crippen LogP contribution < -0.4 is 9.47 Å². The summed E-state index contributed by atoms with van der Waals surface area (Å²) < 4.78 is 11.3. The average Bonchev–Trinajstić information content (AvgIpc) is 3.08. The standard InChI is InChI=1S/C16H16N4O2/c1-11-5-3-4-6-13(11)10-22-14-8-7-12(9-15(14)21-2)16-17-19-20-18-16/h3-9H,10H2,1-2H3,(H,17,18,19,20). The van der Waals surface area contributed by atoms with E-state index in [1.165, 1.54) is 5.56 Å². The first-order valence-corrected chi connectivity index (χ1v) is 6.87. The van der Waals surface area contributed by atoms with E-state index in [4.69, 9.17) is 9.47 Å². The predicted molar refractivity (Wildman–Crippen MR) is 81.7 cm³/mol. The van der Waals surface area contributed by atoms with Crippen molar-refractivity contribution < 1.29 is 9.47 Å². The van der Waals surface area contributed by atoms with E-state index in [9.17, 15) is 0 Å². The molecule has 0 aliphatic rings. The van der Waals surface area contributed by atoms with Crippen LogP contribution in [0.15, 0.2) is 42.5 Å². The number of rotatable bonds is 5. The summed E-state index contributed by atoms with van der Waals surface area (Å²) in [6.07, 6.45) is 0. The minimum Gasteiger partial charge on any atom is -0.493 e. The summed E-state index contributed by atoms with van der Waals surface area (Å²) in [4.78, 5) is 0. The minimum absolute atomic E-state index is 0.491. The Morgan fingerprint density at radius 2 is 1.95 bits per heavy atom. The number of ether oxygens (including phenoxy) is 2. The molecule has 1 aromatic heterocycles. The van der Waals surface area contributed by atoms with Gasteiger partial charge >= 0.3 is 0 Å². The minimum atomic E-state index is 0.491. The second-order valence-electron chi connectivity index (χ2n) is 4.82. The predicted octanol–water partition coefficient (Wildman–Crippen LogP) is 2.76. The highest BCUT2D eigenvalue weighted by Gasteiger charge is 2.10. The first-order chi connectivity index (χ1) is 10.8. The number of nitrogens with one attached hydrogen (secondary N) is 1. The van der Waals surface area contributed by atoms with Crippen LogP contribution in [0.2, 0.25) is 0 Å². The van der Waals surface area contributed by atoms with Crippen LogP contribution in [-0.2, 0) is 6.61 Å². The highest BCUT2D eigenvalue weighted by Crippen LogP contribution is 2.31. The Kier molecular flexibility index (Phi) is 4.00. The van der Waals surface area contributed by atoms with E-state index >= 15 is 0 Å². The van der Waals surface area contributed by atoms with E-state index in [2.05, 4.69) is 39.7 Å². The molecule has 0 aliphatic heterocycles. The van der Waals surface area contributed by atoms with Gasteiger partial charge in [-0.3, -0.25) is 0 Å². The number of aromatic amines is 1. The van der Waals surface area contributed by atoms with E-state index in [1.807, 2.05) is 30.3 Å². The molecule has 0 bridgehead atoms. The summed E-state index contributed by atoms with van der Waals surface area (Å²) in [5.41, 5.74) is 3.16. The molecule has 1 heterocycles. The first-order valence-electron chi connectivity index (χ1n) is 6.87. The lowest BCUT2D eigenvalue weighted by molar-refractivity contribution is 0.284. The molecule has 2 aromatic carbocycles. The second kappa shape index (κ2) is 6.26. The van der Waals surface area contributed by atoms with Gasteiger partial charge in [-0.1, -0.05) is 24.3 Å². The Bertz CT molecular complexity index is 757. The number of methoxy groups -OCH3 is 1. The van der Waals surface area contributed by atoms with Gasteiger partial charge in [-0.2, -0.15) is 5.21 Å². The van der Waals surface area contributed by atoms with Crippen molar-refractivity contribution in [3.8, 4) is 22.9 Å². The molecule has 0 atom stereocenters. The third-order valence-electron chi connectivity index (χ3n) is 3.41.